The first-order valence-corrected chi connectivity index (χ1v) is 38.9. The summed E-state index contributed by atoms with van der Waals surface area (Å²) in [6.45, 7) is 0. The third kappa shape index (κ3) is 11.7. The van der Waals surface area contributed by atoms with Crippen LogP contribution in [0.2, 0.25) is 0 Å². The molecule has 8 heterocycles. The smallest absolute Gasteiger partial charge is 0.166 e. The number of thiophene rings is 2. The van der Waals surface area contributed by atoms with Crippen LogP contribution in [0.1, 0.15) is 0 Å². The lowest BCUT2D eigenvalue weighted by Gasteiger charge is -2.13. The van der Waals surface area contributed by atoms with Gasteiger partial charge in [0.15, 0.2) is 34.9 Å². The van der Waals surface area contributed by atoms with Crippen molar-refractivity contribution in [2.24, 2.45) is 0 Å². The van der Waals surface area contributed by atoms with Crippen LogP contribution < -0.4 is 0 Å². The Kier molecular flexibility index (Phi) is 16.4. The minimum Gasteiger partial charge on any atom is -0.309 e. The summed E-state index contributed by atoms with van der Waals surface area (Å²) in [6, 6.07) is 127. The molecule has 0 saturated carbocycles. The van der Waals surface area contributed by atoms with E-state index in [4.69, 9.17) is 39.9 Å². The van der Waals surface area contributed by atoms with Crippen LogP contribution in [-0.2, 0) is 0 Å². The standard InChI is InChI=1S/2C50H31N5S/c1-5-15-32(16-6-1)36-30-41(50-53-48(33-17-7-2-8-18-33)52-49(54-50)34-19-9-3-10-20-34)46(51-31-36)35-25-28-44-40(29-35)38-26-27-43-45(47(38)56-44)39-23-13-14-24-42(39)55(43)37-21-11-4-12-22-37;1-5-15-32(16-6-1)36-29-41(50-53-48(33-17-7-2-8-18-33)52-49(54-50)34-19-9-3-10-20-34)46(51-31-36)35-25-26-38-39-27-28-43-45(47(39)56-44(38)30-35)40-23-13-14-24-42(40)55(43)37-21-11-4-12-22-37/h2*1-31H. The topological polar surface area (TPSA) is 113 Å². The van der Waals surface area contributed by atoms with Gasteiger partial charge in [-0.3, -0.25) is 9.97 Å². The second-order valence-corrected chi connectivity index (χ2v) is 29.8. The molecule has 524 valence electrons. The maximum absolute atomic E-state index is 5.21. The quantitative estimate of drug-likeness (QED) is 0.119. The van der Waals surface area contributed by atoms with Crippen molar-refractivity contribution in [1.82, 2.24) is 49.0 Å². The Bertz CT molecular complexity index is 7100. The lowest BCUT2D eigenvalue weighted by atomic mass is 9.98. The molecule has 14 aromatic carbocycles. The van der Waals surface area contributed by atoms with E-state index >= 15 is 0 Å². The van der Waals surface area contributed by atoms with E-state index in [0.717, 1.165) is 89.5 Å². The first-order valence-electron chi connectivity index (χ1n) is 37.3. The second-order valence-electron chi connectivity index (χ2n) is 27.7. The Labute approximate surface area is 652 Å². The van der Waals surface area contributed by atoms with E-state index in [-0.39, 0.29) is 0 Å². The van der Waals surface area contributed by atoms with Crippen LogP contribution in [0.3, 0.4) is 0 Å². The average molecular weight is 1470 g/mol. The van der Waals surface area contributed by atoms with Crippen LogP contribution in [0.15, 0.2) is 376 Å². The maximum Gasteiger partial charge on any atom is 0.166 e. The predicted molar refractivity (Wildman–Crippen MR) is 464 cm³/mol. The zero-order valence-electron chi connectivity index (χ0n) is 60.1. The number of rotatable bonds is 12. The number of para-hydroxylation sites is 4. The molecule has 22 rings (SSSR count). The minimum absolute atomic E-state index is 0.573. The van der Waals surface area contributed by atoms with E-state index in [1.165, 1.54) is 84.0 Å². The van der Waals surface area contributed by atoms with Crippen LogP contribution in [0.5, 0.6) is 0 Å². The van der Waals surface area contributed by atoms with Crippen molar-refractivity contribution in [2.45, 2.75) is 0 Å². The van der Waals surface area contributed by atoms with Crippen molar-refractivity contribution in [3.8, 4) is 124 Å². The Balaban J connectivity index is 0.000000141. The van der Waals surface area contributed by atoms with E-state index < -0.39 is 0 Å². The molecule has 10 nitrogen and oxygen atoms in total. The number of hydrogen-bond acceptors (Lipinski definition) is 10. The van der Waals surface area contributed by atoms with Gasteiger partial charge in [-0.25, -0.2) is 29.9 Å². The third-order valence-corrected chi connectivity index (χ3v) is 23.4. The molecule has 0 atom stereocenters. The monoisotopic (exact) mass is 1470 g/mol. The fraction of sp³-hybridized carbons (Fsp3) is 0. The van der Waals surface area contributed by atoms with Gasteiger partial charge in [0.05, 0.1) is 33.5 Å². The van der Waals surface area contributed by atoms with Gasteiger partial charge in [0.1, 0.15) is 0 Å². The molecule has 12 heteroatoms. The van der Waals surface area contributed by atoms with Crippen LogP contribution in [0, 0.1) is 0 Å². The number of pyridine rings is 2. The molecule has 8 aromatic heterocycles. The van der Waals surface area contributed by atoms with Gasteiger partial charge in [0.25, 0.3) is 0 Å². The van der Waals surface area contributed by atoms with E-state index in [9.17, 15) is 0 Å². The highest BCUT2D eigenvalue weighted by molar-refractivity contribution is 7.27. The molecule has 0 spiro atoms. The largest absolute Gasteiger partial charge is 0.309 e. The van der Waals surface area contributed by atoms with Crippen molar-refractivity contribution in [2.75, 3.05) is 0 Å². The SMILES string of the molecule is c1ccc(-c2cnc(-c3ccc4c(c3)sc3c4ccc4c3c3ccccc3n4-c3ccccc3)c(-c3nc(-c4ccccc4)nc(-c4ccccc4)n3)c2)cc1.c1ccc(-c2cnc(-c3ccc4sc5c(ccc6c5c5ccccc5n6-c5ccccc5)c4c3)c(-c3nc(-c4ccccc4)nc(-c4ccccc4)n3)c2)cc1. The number of fused-ring (bicyclic) bond motifs is 14. The molecule has 0 unspecified atom stereocenters. The normalized spacial score (nSPS) is 11.6. The fourth-order valence-electron chi connectivity index (χ4n) is 15.7. The summed E-state index contributed by atoms with van der Waals surface area (Å²) in [7, 11) is 0. The van der Waals surface area contributed by atoms with Gasteiger partial charge >= 0.3 is 0 Å². The van der Waals surface area contributed by atoms with Crippen molar-refractivity contribution in [3.05, 3.63) is 376 Å². The molecular weight excluding hydrogens is 1410 g/mol. The minimum atomic E-state index is 0.573. The van der Waals surface area contributed by atoms with E-state index in [2.05, 4.69) is 240 Å². The summed E-state index contributed by atoms with van der Waals surface area (Å²) in [5, 5.41) is 9.98. The van der Waals surface area contributed by atoms with Crippen LogP contribution in [-0.4, -0.2) is 49.0 Å². The number of benzene rings is 14. The second kappa shape index (κ2) is 27.9. The van der Waals surface area contributed by atoms with Crippen LogP contribution in [0.4, 0.5) is 0 Å². The van der Waals surface area contributed by atoms with Gasteiger partial charge in [-0.2, -0.15) is 0 Å². The molecule has 112 heavy (non-hydrogen) atoms. The first-order chi connectivity index (χ1) is 55.5. The lowest BCUT2D eigenvalue weighted by molar-refractivity contribution is 1.07. The number of hydrogen-bond donors (Lipinski definition) is 0. The molecule has 22 aromatic rings. The number of nitrogens with zero attached hydrogens (tertiary/aromatic N) is 10. The molecule has 0 radical (unpaired) electrons. The summed E-state index contributed by atoms with van der Waals surface area (Å²) >= 11 is 3.69. The number of aromatic nitrogens is 10. The van der Waals surface area contributed by atoms with E-state index in [0.29, 0.717) is 34.9 Å². The fourth-order valence-corrected chi connectivity index (χ4v) is 18.3. The first kappa shape index (κ1) is 65.7. The molecular formula is C100H62N10S2. The van der Waals surface area contributed by atoms with Crippen LogP contribution in [0.25, 0.3) is 208 Å². The molecule has 0 fully saturated rings. The Morgan fingerprint density at radius 2 is 0.536 bits per heavy atom. The predicted octanol–water partition coefficient (Wildman–Crippen LogP) is 26.1. The highest BCUT2D eigenvalue weighted by Crippen LogP contribution is 2.48. The van der Waals surface area contributed by atoms with Crippen molar-refractivity contribution >= 4 is 107 Å². The Morgan fingerprint density at radius 1 is 0.205 bits per heavy atom. The highest BCUT2D eigenvalue weighted by Gasteiger charge is 2.25. The van der Waals surface area contributed by atoms with Crippen LogP contribution >= 0.6 is 22.7 Å². The van der Waals surface area contributed by atoms with Gasteiger partial charge < -0.3 is 9.13 Å². The Hall–Kier alpha value is -14.6. The zero-order chi connectivity index (χ0) is 74.0. The van der Waals surface area contributed by atoms with Gasteiger partial charge in [0, 0.05) is 141 Å². The highest BCUT2D eigenvalue weighted by atomic mass is 32.1. The van der Waals surface area contributed by atoms with E-state index in [1.54, 1.807) is 0 Å². The molecule has 0 aliphatic rings. The molecule has 0 saturated heterocycles. The molecule has 0 aliphatic heterocycles. The molecule has 0 amide bonds. The zero-order valence-corrected chi connectivity index (χ0v) is 61.7. The van der Waals surface area contributed by atoms with Crippen molar-refractivity contribution < 1.29 is 0 Å². The van der Waals surface area contributed by atoms with Gasteiger partial charge in [-0.05, 0) is 90.0 Å². The summed E-state index contributed by atoms with van der Waals surface area (Å²) in [5.74, 6) is 3.61. The van der Waals surface area contributed by atoms with Crippen molar-refractivity contribution in [3.63, 3.8) is 0 Å². The lowest BCUT2D eigenvalue weighted by Crippen LogP contribution is -2.02. The molecule has 0 bridgehead atoms. The average Bonchev–Trinajstić information content (AvgIpc) is 1.57. The summed E-state index contributed by atoms with van der Waals surface area (Å²) in [4.78, 5) is 40.9. The van der Waals surface area contributed by atoms with E-state index in [1.807, 2.05) is 169 Å². The molecule has 0 N–H and O–H groups in total. The Morgan fingerprint density at radius 3 is 0.955 bits per heavy atom. The maximum atomic E-state index is 5.21. The third-order valence-electron chi connectivity index (χ3n) is 21.0. The summed E-state index contributed by atoms with van der Waals surface area (Å²) in [5.41, 5.74) is 20.3. The summed E-state index contributed by atoms with van der Waals surface area (Å²) in [6.07, 6.45) is 3.92. The van der Waals surface area contributed by atoms with Gasteiger partial charge in [0.2, 0.25) is 0 Å². The van der Waals surface area contributed by atoms with Gasteiger partial charge in [-0.1, -0.05) is 285 Å². The summed E-state index contributed by atoms with van der Waals surface area (Å²) < 4.78 is 9.76. The van der Waals surface area contributed by atoms with Crippen molar-refractivity contribution in [1.29, 1.82) is 0 Å². The van der Waals surface area contributed by atoms with Gasteiger partial charge in [-0.15, -0.1) is 22.7 Å². The molecule has 0 aliphatic carbocycles.